The van der Waals surface area contributed by atoms with Crippen LogP contribution in [0.5, 0.6) is 5.75 Å². The Bertz CT molecular complexity index is 552. The van der Waals surface area contributed by atoms with Crippen molar-refractivity contribution >= 4 is 10.9 Å². The summed E-state index contributed by atoms with van der Waals surface area (Å²) in [6, 6.07) is 8.38. The third-order valence-corrected chi connectivity index (χ3v) is 3.56. The van der Waals surface area contributed by atoms with Gasteiger partial charge in [0.1, 0.15) is 5.75 Å². The molecule has 1 N–H and O–H groups in total. The van der Waals surface area contributed by atoms with Gasteiger partial charge < -0.3 is 14.6 Å². The Kier molecular flexibility index (Phi) is 4.71. The van der Waals surface area contributed by atoms with E-state index in [9.17, 15) is 0 Å². The lowest BCUT2D eigenvalue weighted by Crippen LogP contribution is -2.24. The van der Waals surface area contributed by atoms with Crippen molar-refractivity contribution in [1.82, 2.24) is 9.88 Å². The standard InChI is InChI=1S/C17H26N2O/c1-17(2,3)8-9-18-10-12-19-11-7-14-13-15(20-4)5-6-16(14)19/h5-7,11,13,18H,8-10,12H2,1-4H3. The molecule has 0 aliphatic rings. The molecule has 2 rings (SSSR count). The van der Waals surface area contributed by atoms with E-state index in [0.717, 1.165) is 25.4 Å². The first kappa shape index (κ1) is 14.9. The third-order valence-electron chi connectivity index (χ3n) is 3.56. The lowest BCUT2D eigenvalue weighted by atomic mass is 9.92. The summed E-state index contributed by atoms with van der Waals surface area (Å²) in [5, 5.41) is 4.76. The topological polar surface area (TPSA) is 26.2 Å². The summed E-state index contributed by atoms with van der Waals surface area (Å²) in [5.41, 5.74) is 1.67. The molecule has 0 aliphatic heterocycles. The van der Waals surface area contributed by atoms with E-state index in [0.29, 0.717) is 5.41 Å². The SMILES string of the molecule is COc1ccc2c(ccn2CCNCCC(C)(C)C)c1. The van der Waals surface area contributed by atoms with Crippen LogP contribution in [0.3, 0.4) is 0 Å². The number of hydrogen-bond donors (Lipinski definition) is 1. The van der Waals surface area contributed by atoms with Crippen LogP contribution in [0.25, 0.3) is 10.9 Å². The van der Waals surface area contributed by atoms with Gasteiger partial charge in [-0.15, -0.1) is 0 Å². The zero-order valence-corrected chi connectivity index (χ0v) is 13.1. The molecular formula is C17H26N2O. The molecule has 0 radical (unpaired) electrons. The van der Waals surface area contributed by atoms with Gasteiger partial charge in [-0.3, -0.25) is 0 Å². The number of nitrogens with zero attached hydrogens (tertiary/aromatic N) is 1. The largest absolute Gasteiger partial charge is 0.497 e. The maximum Gasteiger partial charge on any atom is 0.119 e. The van der Waals surface area contributed by atoms with Gasteiger partial charge in [-0.1, -0.05) is 20.8 Å². The minimum atomic E-state index is 0.406. The highest BCUT2D eigenvalue weighted by molar-refractivity contribution is 5.81. The fourth-order valence-corrected chi connectivity index (χ4v) is 2.29. The highest BCUT2D eigenvalue weighted by Crippen LogP contribution is 2.21. The Balaban J connectivity index is 1.87. The van der Waals surface area contributed by atoms with Gasteiger partial charge in [0.2, 0.25) is 0 Å². The van der Waals surface area contributed by atoms with E-state index in [2.05, 4.69) is 55.1 Å². The predicted molar refractivity (Wildman–Crippen MR) is 85.4 cm³/mol. The molecule has 1 aromatic carbocycles. The highest BCUT2D eigenvalue weighted by atomic mass is 16.5. The molecule has 1 heterocycles. The maximum absolute atomic E-state index is 5.25. The van der Waals surface area contributed by atoms with Crippen molar-refractivity contribution in [2.75, 3.05) is 20.2 Å². The van der Waals surface area contributed by atoms with E-state index in [4.69, 9.17) is 4.74 Å². The number of methoxy groups -OCH3 is 1. The van der Waals surface area contributed by atoms with Crippen LogP contribution in [-0.2, 0) is 6.54 Å². The third kappa shape index (κ3) is 4.01. The first-order valence-electron chi connectivity index (χ1n) is 7.33. The van der Waals surface area contributed by atoms with Gasteiger partial charge in [-0.05, 0) is 42.6 Å². The van der Waals surface area contributed by atoms with Gasteiger partial charge in [0.05, 0.1) is 7.11 Å². The second kappa shape index (κ2) is 6.31. The summed E-state index contributed by atoms with van der Waals surface area (Å²) in [7, 11) is 1.71. The molecule has 0 unspecified atom stereocenters. The minimum Gasteiger partial charge on any atom is -0.497 e. The fourth-order valence-electron chi connectivity index (χ4n) is 2.29. The highest BCUT2D eigenvalue weighted by Gasteiger charge is 2.08. The number of nitrogens with one attached hydrogen (secondary N) is 1. The Labute approximate surface area is 121 Å². The Morgan fingerprint density at radius 1 is 1.15 bits per heavy atom. The smallest absolute Gasteiger partial charge is 0.119 e. The van der Waals surface area contributed by atoms with Crippen LogP contribution < -0.4 is 10.1 Å². The van der Waals surface area contributed by atoms with E-state index in [1.54, 1.807) is 7.11 Å². The van der Waals surface area contributed by atoms with Gasteiger partial charge >= 0.3 is 0 Å². The lowest BCUT2D eigenvalue weighted by molar-refractivity contribution is 0.365. The molecule has 0 atom stereocenters. The first-order chi connectivity index (χ1) is 9.49. The zero-order valence-electron chi connectivity index (χ0n) is 13.1. The summed E-state index contributed by atoms with van der Waals surface area (Å²) in [5.74, 6) is 0.915. The van der Waals surface area contributed by atoms with Crippen molar-refractivity contribution in [2.45, 2.75) is 33.7 Å². The zero-order chi connectivity index (χ0) is 14.6. The molecular weight excluding hydrogens is 248 g/mol. The van der Waals surface area contributed by atoms with E-state index in [1.165, 1.54) is 17.3 Å². The van der Waals surface area contributed by atoms with E-state index < -0.39 is 0 Å². The van der Waals surface area contributed by atoms with Crippen molar-refractivity contribution in [2.24, 2.45) is 5.41 Å². The van der Waals surface area contributed by atoms with Gasteiger partial charge in [0.25, 0.3) is 0 Å². The predicted octanol–water partition coefficient (Wildman–Crippen LogP) is 3.68. The van der Waals surface area contributed by atoms with E-state index >= 15 is 0 Å². The average Bonchev–Trinajstić information content (AvgIpc) is 2.79. The summed E-state index contributed by atoms with van der Waals surface area (Å²) in [4.78, 5) is 0. The molecule has 0 amide bonds. The van der Waals surface area contributed by atoms with Gasteiger partial charge in [0.15, 0.2) is 0 Å². The van der Waals surface area contributed by atoms with Crippen molar-refractivity contribution in [1.29, 1.82) is 0 Å². The van der Waals surface area contributed by atoms with Crippen LogP contribution >= 0.6 is 0 Å². The number of rotatable bonds is 6. The second-order valence-electron chi connectivity index (χ2n) is 6.49. The van der Waals surface area contributed by atoms with Crippen molar-refractivity contribution in [3.05, 3.63) is 30.5 Å². The summed E-state index contributed by atoms with van der Waals surface area (Å²) < 4.78 is 7.55. The second-order valence-corrected chi connectivity index (χ2v) is 6.49. The van der Waals surface area contributed by atoms with Crippen molar-refractivity contribution in [3.63, 3.8) is 0 Å². The Hall–Kier alpha value is -1.48. The molecule has 3 heteroatoms. The quantitative estimate of drug-likeness (QED) is 0.813. The van der Waals surface area contributed by atoms with Crippen LogP contribution in [-0.4, -0.2) is 24.8 Å². The molecule has 0 fully saturated rings. The minimum absolute atomic E-state index is 0.406. The molecule has 0 bridgehead atoms. The molecule has 110 valence electrons. The van der Waals surface area contributed by atoms with Crippen LogP contribution in [0.4, 0.5) is 0 Å². The summed E-state index contributed by atoms with van der Waals surface area (Å²) in [6.07, 6.45) is 3.35. The molecule has 20 heavy (non-hydrogen) atoms. The molecule has 0 aliphatic carbocycles. The summed E-state index contributed by atoms with van der Waals surface area (Å²) >= 11 is 0. The van der Waals surface area contributed by atoms with Gasteiger partial charge in [0, 0.05) is 30.2 Å². The normalized spacial score (nSPS) is 12.0. The molecule has 0 spiro atoms. The Morgan fingerprint density at radius 2 is 1.95 bits per heavy atom. The van der Waals surface area contributed by atoms with Crippen molar-refractivity contribution < 1.29 is 4.74 Å². The van der Waals surface area contributed by atoms with Gasteiger partial charge in [-0.25, -0.2) is 0 Å². The monoisotopic (exact) mass is 274 g/mol. The Morgan fingerprint density at radius 3 is 2.65 bits per heavy atom. The van der Waals surface area contributed by atoms with Crippen molar-refractivity contribution in [3.8, 4) is 5.75 Å². The fraction of sp³-hybridized carbons (Fsp3) is 0.529. The summed E-state index contributed by atoms with van der Waals surface area (Å²) in [6.45, 7) is 9.92. The number of benzene rings is 1. The lowest BCUT2D eigenvalue weighted by Gasteiger charge is -2.18. The molecule has 0 saturated heterocycles. The average molecular weight is 274 g/mol. The number of aromatic nitrogens is 1. The van der Waals surface area contributed by atoms with Gasteiger partial charge in [-0.2, -0.15) is 0 Å². The molecule has 3 nitrogen and oxygen atoms in total. The number of hydrogen-bond acceptors (Lipinski definition) is 2. The van der Waals surface area contributed by atoms with E-state index in [-0.39, 0.29) is 0 Å². The molecule has 2 aromatic rings. The molecule has 1 aromatic heterocycles. The van der Waals surface area contributed by atoms with E-state index in [1.807, 2.05) is 6.07 Å². The number of ether oxygens (including phenoxy) is 1. The van der Waals surface area contributed by atoms with Crippen LogP contribution in [0.2, 0.25) is 0 Å². The number of fused-ring (bicyclic) bond motifs is 1. The maximum atomic E-state index is 5.25. The molecule has 0 saturated carbocycles. The van der Waals surface area contributed by atoms with Crippen LogP contribution in [0.15, 0.2) is 30.5 Å². The van der Waals surface area contributed by atoms with Crippen LogP contribution in [0.1, 0.15) is 27.2 Å². The van der Waals surface area contributed by atoms with Crippen LogP contribution in [0, 0.1) is 5.41 Å². The first-order valence-corrected chi connectivity index (χ1v) is 7.33.